The number of sulfonamides is 1. The van der Waals surface area contributed by atoms with Crippen LogP contribution < -0.4 is 10.0 Å². The number of hydrogen-bond donors (Lipinski definition) is 2. The highest BCUT2D eigenvalue weighted by atomic mass is 32.2. The highest BCUT2D eigenvalue weighted by molar-refractivity contribution is 7.89. The standard InChI is InChI=1S/C13H16F2N2O3S/c14-11-2-1-10(12(15)7-11)8-21(19,20)17-13(18)9-3-5-16-6-4-9/h1-2,7,9,16H,3-6,8H2,(H,17,18). The van der Waals surface area contributed by atoms with E-state index in [1.54, 1.807) is 0 Å². The summed E-state index contributed by atoms with van der Waals surface area (Å²) in [6, 6.07) is 2.64. The molecule has 0 atom stereocenters. The molecule has 0 unspecified atom stereocenters. The van der Waals surface area contributed by atoms with Crippen molar-refractivity contribution >= 4 is 15.9 Å². The van der Waals surface area contributed by atoms with Gasteiger partial charge in [-0.15, -0.1) is 0 Å². The lowest BCUT2D eigenvalue weighted by Gasteiger charge is -2.21. The average Bonchev–Trinajstić information content (AvgIpc) is 2.42. The fourth-order valence-corrected chi connectivity index (χ4v) is 3.39. The van der Waals surface area contributed by atoms with Gasteiger partial charge < -0.3 is 5.32 Å². The number of piperidine rings is 1. The molecule has 1 fully saturated rings. The van der Waals surface area contributed by atoms with Gasteiger partial charge >= 0.3 is 0 Å². The second kappa shape index (κ2) is 6.48. The molecular formula is C13H16F2N2O3S. The summed E-state index contributed by atoms with van der Waals surface area (Å²) in [5.41, 5.74) is -0.179. The first-order chi connectivity index (χ1) is 9.87. The van der Waals surface area contributed by atoms with Gasteiger partial charge in [-0.3, -0.25) is 9.52 Å². The highest BCUT2D eigenvalue weighted by Gasteiger charge is 2.25. The Balaban J connectivity index is 2.02. The van der Waals surface area contributed by atoms with Crippen molar-refractivity contribution in [3.8, 4) is 0 Å². The van der Waals surface area contributed by atoms with Gasteiger partial charge in [0.05, 0.1) is 5.75 Å². The average molecular weight is 318 g/mol. The van der Waals surface area contributed by atoms with Crippen molar-refractivity contribution in [2.24, 2.45) is 5.92 Å². The van der Waals surface area contributed by atoms with Crippen LogP contribution in [0.25, 0.3) is 0 Å². The molecular weight excluding hydrogens is 302 g/mol. The Morgan fingerprint density at radius 3 is 2.57 bits per heavy atom. The molecule has 0 bridgehead atoms. The Kier molecular flexibility index (Phi) is 4.89. The number of rotatable bonds is 4. The molecule has 1 aliphatic heterocycles. The van der Waals surface area contributed by atoms with Gasteiger partial charge in [-0.05, 0) is 32.0 Å². The molecule has 1 aliphatic rings. The maximum absolute atomic E-state index is 13.4. The summed E-state index contributed by atoms with van der Waals surface area (Å²) in [4.78, 5) is 11.9. The molecule has 8 heteroatoms. The van der Waals surface area contributed by atoms with E-state index in [-0.39, 0.29) is 11.5 Å². The lowest BCUT2D eigenvalue weighted by atomic mass is 9.98. The van der Waals surface area contributed by atoms with Crippen molar-refractivity contribution in [2.75, 3.05) is 13.1 Å². The molecule has 0 aromatic heterocycles. The zero-order chi connectivity index (χ0) is 15.5. The smallest absolute Gasteiger partial charge is 0.239 e. The summed E-state index contributed by atoms with van der Waals surface area (Å²) >= 11 is 0. The quantitative estimate of drug-likeness (QED) is 0.865. The first-order valence-electron chi connectivity index (χ1n) is 6.56. The normalized spacial score (nSPS) is 16.7. The molecule has 0 spiro atoms. The van der Waals surface area contributed by atoms with Crippen LogP contribution in [0.5, 0.6) is 0 Å². The fraction of sp³-hybridized carbons (Fsp3) is 0.462. The number of carbonyl (C=O) groups excluding carboxylic acids is 1. The summed E-state index contributed by atoms with van der Waals surface area (Å²) in [5.74, 6) is -3.37. The Morgan fingerprint density at radius 2 is 1.95 bits per heavy atom. The topological polar surface area (TPSA) is 75.3 Å². The Labute approximate surface area is 121 Å². The van der Waals surface area contributed by atoms with Gasteiger partial charge in [-0.2, -0.15) is 0 Å². The van der Waals surface area contributed by atoms with Crippen LogP contribution in [0.15, 0.2) is 18.2 Å². The third-order valence-corrected chi connectivity index (χ3v) is 4.53. The molecule has 0 aliphatic carbocycles. The summed E-state index contributed by atoms with van der Waals surface area (Å²) in [6.07, 6.45) is 1.12. The van der Waals surface area contributed by atoms with Gasteiger partial charge in [-0.1, -0.05) is 6.07 Å². The molecule has 116 valence electrons. The minimum atomic E-state index is -4.00. The molecule has 1 saturated heterocycles. The van der Waals surface area contributed by atoms with Crippen molar-refractivity contribution in [3.63, 3.8) is 0 Å². The number of amides is 1. The minimum absolute atomic E-state index is 0.179. The van der Waals surface area contributed by atoms with E-state index in [9.17, 15) is 22.0 Å². The van der Waals surface area contributed by atoms with Gasteiger partial charge in [0.2, 0.25) is 15.9 Å². The molecule has 2 rings (SSSR count). The van der Waals surface area contributed by atoms with Gasteiger partial charge in [0, 0.05) is 17.5 Å². The second-order valence-electron chi connectivity index (χ2n) is 4.99. The van der Waals surface area contributed by atoms with E-state index >= 15 is 0 Å². The van der Waals surface area contributed by atoms with E-state index in [1.165, 1.54) is 0 Å². The first-order valence-corrected chi connectivity index (χ1v) is 8.21. The maximum atomic E-state index is 13.4. The first kappa shape index (κ1) is 15.8. The third kappa shape index (κ3) is 4.47. The molecule has 21 heavy (non-hydrogen) atoms. The molecule has 1 aromatic rings. The minimum Gasteiger partial charge on any atom is -0.317 e. The van der Waals surface area contributed by atoms with Crippen LogP contribution >= 0.6 is 0 Å². The van der Waals surface area contributed by atoms with Crippen LogP contribution in [0.1, 0.15) is 18.4 Å². The van der Waals surface area contributed by atoms with Gasteiger partial charge in [-0.25, -0.2) is 17.2 Å². The molecule has 2 N–H and O–H groups in total. The number of carbonyl (C=O) groups is 1. The molecule has 1 heterocycles. The lowest BCUT2D eigenvalue weighted by molar-refractivity contribution is -0.123. The van der Waals surface area contributed by atoms with E-state index in [0.29, 0.717) is 32.0 Å². The van der Waals surface area contributed by atoms with E-state index in [4.69, 9.17) is 0 Å². The van der Waals surface area contributed by atoms with Crippen LogP contribution in [0.4, 0.5) is 8.78 Å². The van der Waals surface area contributed by atoms with Gasteiger partial charge in [0.1, 0.15) is 11.6 Å². The number of halogens is 2. The monoisotopic (exact) mass is 318 g/mol. The van der Waals surface area contributed by atoms with Crippen LogP contribution in [0.2, 0.25) is 0 Å². The van der Waals surface area contributed by atoms with Crippen LogP contribution in [0.3, 0.4) is 0 Å². The van der Waals surface area contributed by atoms with Crippen molar-refractivity contribution in [2.45, 2.75) is 18.6 Å². The Bertz CT molecular complexity index is 628. The van der Waals surface area contributed by atoms with E-state index in [1.807, 2.05) is 4.72 Å². The number of nitrogens with one attached hydrogen (secondary N) is 2. The Hall–Kier alpha value is -1.54. The van der Waals surface area contributed by atoms with Crippen molar-refractivity contribution in [1.29, 1.82) is 0 Å². The van der Waals surface area contributed by atoms with Crippen LogP contribution in [-0.4, -0.2) is 27.4 Å². The predicted octanol–water partition coefficient (Wildman–Crippen LogP) is 0.910. The van der Waals surface area contributed by atoms with Gasteiger partial charge in [0.15, 0.2) is 0 Å². The zero-order valence-corrected chi connectivity index (χ0v) is 12.1. The fourth-order valence-electron chi connectivity index (χ4n) is 2.20. The SMILES string of the molecule is O=C(NS(=O)(=O)Cc1ccc(F)cc1F)C1CCNCC1. The molecule has 0 radical (unpaired) electrons. The highest BCUT2D eigenvalue weighted by Crippen LogP contribution is 2.15. The summed E-state index contributed by atoms with van der Waals surface area (Å²) < 4.78 is 51.9. The molecule has 0 saturated carbocycles. The maximum Gasteiger partial charge on any atom is 0.239 e. The predicted molar refractivity (Wildman–Crippen MR) is 72.7 cm³/mol. The zero-order valence-electron chi connectivity index (χ0n) is 11.2. The second-order valence-corrected chi connectivity index (χ2v) is 6.71. The van der Waals surface area contributed by atoms with Crippen LogP contribution in [0, 0.1) is 17.6 Å². The summed E-state index contributed by atoms with van der Waals surface area (Å²) in [6.45, 7) is 1.31. The molecule has 1 amide bonds. The van der Waals surface area contributed by atoms with Gasteiger partial charge in [0.25, 0.3) is 0 Å². The van der Waals surface area contributed by atoms with Crippen molar-refractivity contribution < 1.29 is 22.0 Å². The largest absolute Gasteiger partial charge is 0.317 e. The third-order valence-electron chi connectivity index (χ3n) is 3.33. The summed E-state index contributed by atoms with van der Waals surface area (Å²) in [5, 5.41) is 3.07. The molecule has 5 nitrogen and oxygen atoms in total. The number of benzene rings is 1. The van der Waals surface area contributed by atoms with Crippen LogP contribution in [-0.2, 0) is 20.6 Å². The lowest BCUT2D eigenvalue weighted by Crippen LogP contribution is -2.41. The molecule has 1 aromatic carbocycles. The number of hydrogen-bond acceptors (Lipinski definition) is 4. The van der Waals surface area contributed by atoms with Crippen molar-refractivity contribution in [1.82, 2.24) is 10.0 Å². The van der Waals surface area contributed by atoms with Crippen molar-refractivity contribution in [3.05, 3.63) is 35.4 Å². The van der Waals surface area contributed by atoms with E-state index < -0.39 is 33.3 Å². The van der Waals surface area contributed by atoms with E-state index in [2.05, 4.69) is 5.32 Å². The Morgan fingerprint density at radius 1 is 1.29 bits per heavy atom. The van der Waals surface area contributed by atoms with E-state index in [0.717, 1.165) is 12.1 Å². The summed E-state index contributed by atoms with van der Waals surface area (Å²) in [7, 11) is -4.00.